The number of aromatic nitrogens is 6. The van der Waals surface area contributed by atoms with E-state index >= 15 is 0 Å². The molecular weight excluding hydrogens is 709 g/mol. The summed E-state index contributed by atoms with van der Waals surface area (Å²) in [6.07, 6.45) is 2.09. The lowest BCUT2D eigenvalue weighted by Gasteiger charge is -2.11. The molecule has 272 valence electrons. The van der Waals surface area contributed by atoms with Crippen molar-refractivity contribution in [1.82, 2.24) is 28.9 Å². The van der Waals surface area contributed by atoms with Crippen LogP contribution in [0, 0.1) is 0 Å². The maximum absolute atomic E-state index is 5.20. The monoisotopic (exact) mass is 742 g/mol. The van der Waals surface area contributed by atoms with Crippen LogP contribution in [0.1, 0.15) is 0 Å². The van der Waals surface area contributed by atoms with Gasteiger partial charge >= 0.3 is 0 Å². The number of fused-ring (bicyclic) bond motifs is 4. The van der Waals surface area contributed by atoms with Crippen molar-refractivity contribution < 1.29 is 0 Å². The SMILES string of the molecule is c1ccc(-c2cccc(-c3nc(-c4ccccc4)nc(-c4ccc5c6ccc(-c7nc8ccccn8c7-c7ccccc7)cc6n(-c6ccccc6)c5c4)n3)c2)cc1. The van der Waals surface area contributed by atoms with Crippen molar-refractivity contribution in [3.8, 4) is 73.5 Å². The fourth-order valence-electron chi connectivity index (χ4n) is 8.05. The second-order valence-electron chi connectivity index (χ2n) is 14.4. The molecule has 6 heteroatoms. The lowest BCUT2D eigenvalue weighted by molar-refractivity contribution is 1.07. The van der Waals surface area contributed by atoms with E-state index in [-0.39, 0.29) is 0 Å². The molecule has 0 fully saturated rings. The van der Waals surface area contributed by atoms with Crippen molar-refractivity contribution in [3.05, 3.63) is 206 Å². The van der Waals surface area contributed by atoms with Crippen molar-refractivity contribution in [3.63, 3.8) is 0 Å². The molecule has 6 nitrogen and oxygen atoms in total. The van der Waals surface area contributed by atoms with Crippen molar-refractivity contribution in [1.29, 1.82) is 0 Å². The van der Waals surface area contributed by atoms with Gasteiger partial charge < -0.3 is 4.57 Å². The van der Waals surface area contributed by atoms with Gasteiger partial charge in [0.15, 0.2) is 17.5 Å². The van der Waals surface area contributed by atoms with E-state index in [9.17, 15) is 0 Å². The quantitative estimate of drug-likeness (QED) is 0.163. The molecule has 11 aromatic rings. The molecule has 11 rings (SSSR count). The molecule has 7 aromatic carbocycles. The highest BCUT2D eigenvalue weighted by Crippen LogP contribution is 2.39. The highest BCUT2D eigenvalue weighted by molar-refractivity contribution is 6.11. The summed E-state index contributed by atoms with van der Waals surface area (Å²) in [4.78, 5) is 20.5. The van der Waals surface area contributed by atoms with Gasteiger partial charge in [0.1, 0.15) is 5.65 Å². The second kappa shape index (κ2) is 14.0. The average Bonchev–Trinajstić information content (AvgIpc) is 3.86. The summed E-state index contributed by atoms with van der Waals surface area (Å²) in [5, 5.41) is 2.29. The lowest BCUT2D eigenvalue weighted by atomic mass is 10.0. The van der Waals surface area contributed by atoms with Crippen LogP contribution < -0.4 is 0 Å². The maximum atomic E-state index is 5.20. The molecule has 0 unspecified atom stereocenters. The second-order valence-corrected chi connectivity index (χ2v) is 14.4. The zero-order valence-electron chi connectivity index (χ0n) is 31.3. The maximum Gasteiger partial charge on any atom is 0.164 e. The Morgan fingerprint density at radius 3 is 1.50 bits per heavy atom. The van der Waals surface area contributed by atoms with Gasteiger partial charge in [-0.1, -0.05) is 158 Å². The van der Waals surface area contributed by atoms with Crippen LogP contribution in [0.15, 0.2) is 206 Å². The number of hydrogen-bond donors (Lipinski definition) is 0. The first-order valence-corrected chi connectivity index (χ1v) is 19.4. The zero-order valence-corrected chi connectivity index (χ0v) is 31.3. The van der Waals surface area contributed by atoms with Gasteiger partial charge in [-0.05, 0) is 53.6 Å². The molecule has 0 aliphatic heterocycles. The van der Waals surface area contributed by atoms with E-state index in [1.54, 1.807) is 0 Å². The van der Waals surface area contributed by atoms with Gasteiger partial charge in [0, 0.05) is 50.5 Å². The smallest absolute Gasteiger partial charge is 0.164 e. The topological polar surface area (TPSA) is 60.9 Å². The zero-order chi connectivity index (χ0) is 38.4. The molecule has 4 aromatic heterocycles. The summed E-state index contributed by atoms with van der Waals surface area (Å²) in [5.74, 6) is 1.86. The fraction of sp³-hybridized carbons (Fsp3) is 0. The highest BCUT2D eigenvalue weighted by Gasteiger charge is 2.20. The number of imidazole rings is 1. The first kappa shape index (κ1) is 33.4. The predicted octanol–water partition coefficient (Wildman–Crippen LogP) is 12.6. The molecule has 0 N–H and O–H groups in total. The van der Waals surface area contributed by atoms with Gasteiger partial charge in [-0.25, -0.2) is 19.9 Å². The minimum absolute atomic E-state index is 0.610. The van der Waals surface area contributed by atoms with Crippen LogP contribution in [0.3, 0.4) is 0 Å². The summed E-state index contributed by atoms with van der Waals surface area (Å²) in [6, 6.07) is 69.4. The van der Waals surface area contributed by atoms with Crippen LogP contribution in [-0.2, 0) is 0 Å². The van der Waals surface area contributed by atoms with Crippen molar-refractivity contribution in [2.24, 2.45) is 0 Å². The van der Waals surface area contributed by atoms with E-state index in [1.165, 1.54) is 0 Å². The van der Waals surface area contributed by atoms with E-state index in [4.69, 9.17) is 19.9 Å². The normalized spacial score (nSPS) is 11.4. The first-order valence-electron chi connectivity index (χ1n) is 19.4. The van der Waals surface area contributed by atoms with Crippen molar-refractivity contribution in [2.75, 3.05) is 0 Å². The van der Waals surface area contributed by atoms with Gasteiger partial charge in [0.05, 0.1) is 22.4 Å². The lowest BCUT2D eigenvalue weighted by Crippen LogP contribution is -2.00. The third-order valence-corrected chi connectivity index (χ3v) is 10.8. The van der Waals surface area contributed by atoms with E-state index in [2.05, 4.69) is 173 Å². The molecule has 4 heterocycles. The summed E-state index contributed by atoms with van der Waals surface area (Å²) in [7, 11) is 0. The predicted molar refractivity (Wildman–Crippen MR) is 236 cm³/mol. The van der Waals surface area contributed by atoms with E-state index in [0.29, 0.717) is 17.5 Å². The fourth-order valence-corrected chi connectivity index (χ4v) is 8.05. The molecule has 0 aliphatic rings. The summed E-state index contributed by atoms with van der Waals surface area (Å²) < 4.78 is 4.53. The third kappa shape index (κ3) is 5.83. The van der Waals surface area contributed by atoms with Crippen LogP contribution in [0.4, 0.5) is 0 Å². The van der Waals surface area contributed by atoms with E-state index in [0.717, 1.165) is 83.5 Å². The first-order chi connectivity index (χ1) is 28.7. The van der Waals surface area contributed by atoms with E-state index in [1.807, 2.05) is 42.5 Å². The van der Waals surface area contributed by atoms with E-state index < -0.39 is 0 Å². The third-order valence-electron chi connectivity index (χ3n) is 10.8. The number of rotatable bonds is 7. The van der Waals surface area contributed by atoms with Crippen LogP contribution in [0.2, 0.25) is 0 Å². The summed E-state index contributed by atoms with van der Waals surface area (Å²) >= 11 is 0. The Bertz CT molecular complexity index is 3260. The molecular formula is C52H34N6. The molecule has 58 heavy (non-hydrogen) atoms. The number of nitrogens with zero attached hydrogens (tertiary/aromatic N) is 6. The van der Waals surface area contributed by atoms with Gasteiger partial charge in [-0.15, -0.1) is 0 Å². The largest absolute Gasteiger partial charge is 0.309 e. The van der Waals surface area contributed by atoms with Crippen LogP contribution in [0.5, 0.6) is 0 Å². The minimum Gasteiger partial charge on any atom is -0.309 e. The molecule has 0 radical (unpaired) electrons. The van der Waals surface area contributed by atoms with Crippen LogP contribution in [-0.4, -0.2) is 28.9 Å². The Hall–Kier alpha value is -7.96. The Balaban J connectivity index is 1.11. The summed E-state index contributed by atoms with van der Waals surface area (Å²) in [5.41, 5.74) is 13.3. The number of benzene rings is 7. The molecule has 0 aliphatic carbocycles. The molecule has 0 bridgehead atoms. The van der Waals surface area contributed by atoms with Gasteiger partial charge in [-0.3, -0.25) is 4.40 Å². The summed E-state index contributed by atoms with van der Waals surface area (Å²) in [6.45, 7) is 0. The highest BCUT2D eigenvalue weighted by atomic mass is 15.0. The number of hydrogen-bond acceptors (Lipinski definition) is 4. The van der Waals surface area contributed by atoms with Gasteiger partial charge in [-0.2, -0.15) is 0 Å². The Kier molecular flexibility index (Phi) is 8.04. The van der Waals surface area contributed by atoms with Crippen molar-refractivity contribution in [2.45, 2.75) is 0 Å². The minimum atomic E-state index is 0.610. The average molecular weight is 743 g/mol. The number of para-hydroxylation sites is 1. The molecule has 0 atom stereocenters. The van der Waals surface area contributed by atoms with Crippen LogP contribution in [0.25, 0.3) is 101 Å². The van der Waals surface area contributed by atoms with Gasteiger partial charge in [0.25, 0.3) is 0 Å². The van der Waals surface area contributed by atoms with Crippen molar-refractivity contribution >= 4 is 27.5 Å². The Labute approximate surface area is 335 Å². The van der Waals surface area contributed by atoms with Gasteiger partial charge in [0.2, 0.25) is 0 Å². The Morgan fingerprint density at radius 1 is 0.328 bits per heavy atom. The molecule has 0 spiro atoms. The molecule has 0 saturated heterocycles. The molecule has 0 saturated carbocycles. The molecule has 0 amide bonds. The standard InChI is InChI=1S/C52H34N6/c1-5-16-35(17-6-1)38-22-15-23-40(32-38)51-54-50(37-20-9-3-10-21-37)55-52(56-51)41-28-30-44-43-29-27-39(33-45(43)58(46(44)34-41)42-24-11-4-12-25-42)48-49(36-18-7-2-8-19-36)57-31-14-13-26-47(57)53-48/h1-34H. The van der Waals surface area contributed by atoms with Crippen LogP contribution >= 0.6 is 0 Å². The Morgan fingerprint density at radius 2 is 0.828 bits per heavy atom. The number of pyridine rings is 1.